The first kappa shape index (κ1) is 19.9. The van der Waals surface area contributed by atoms with E-state index in [4.69, 9.17) is 21.1 Å². The van der Waals surface area contributed by atoms with Crippen LogP contribution >= 0.6 is 22.9 Å². The van der Waals surface area contributed by atoms with Gasteiger partial charge in [-0.3, -0.25) is 0 Å². The maximum atomic E-state index is 12.6. The van der Waals surface area contributed by atoms with Crippen LogP contribution in [-0.4, -0.2) is 31.2 Å². The van der Waals surface area contributed by atoms with E-state index in [0.717, 1.165) is 0 Å². The Morgan fingerprint density at radius 2 is 1.89 bits per heavy atom. The van der Waals surface area contributed by atoms with Gasteiger partial charge in [0, 0.05) is 5.02 Å². The number of halogens is 1. The van der Waals surface area contributed by atoms with Gasteiger partial charge >= 0.3 is 18.0 Å². The number of carbonyl (C=O) groups excluding carboxylic acids is 3. The largest absolute Gasteiger partial charge is 0.463 e. The molecule has 9 heteroatoms. The number of hydrogen-bond donors (Lipinski definition) is 2. The Morgan fingerprint density at radius 1 is 1.14 bits per heavy atom. The van der Waals surface area contributed by atoms with Crippen molar-refractivity contribution in [2.24, 2.45) is 0 Å². The maximum absolute atomic E-state index is 12.6. The van der Waals surface area contributed by atoms with Crippen molar-refractivity contribution in [3.05, 3.63) is 68.5 Å². The number of nitrogens with one attached hydrogen (secondary N) is 2. The Kier molecular flexibility index (Phi) is 6.33. The molecular weight excluding hydrogens is 404 g/mol. The molecule has 1 aromatic heterocycles. The van der Waals surface area contributed by atoms with Crippen LogP contribution in [0.1, 0.15) is 28.2 Å². The van der Waals surface area contributed by atoms with E-state index in [9.17, 15) is 14.4 Å². The zero-order valence-corrected chi connectivity index (χ0v) is 16.4. The summed E-state index contributed by atoms with van der Waals surface area (Å²) in [7, 11) is 0. The van der Waals surface area contributed by atoms with Crippen molar-refractivity contribution in [1.29, 1.82) is 0 Å². The lowest BCUT2D eigenvalue weighted by Gasteiger charge is -2.29. The summed E-state index contributed by atoms with van der Waals surface area (Å²) in [5, 5.41) is 7.52. The van der Waals surface area contributed by atoms with Gasteiger partial charge in [-0.25, -0.2) is 14.4 Å². The second-order valence-electron chi connectivity index (χ2n) is 5.75. The average Bonchev–Trinajstić information content (AvgIpc) is 3.21. The molecule has 1 aromatic carbocycles. The third kappa shape index (κ3) is 4.52. The molecule has 0 radical (unpaired) electrons. The van der Waals surface area contributed by atoms with E-state index < -0.39 is 24.0 Å². The summed E-state index contributed by atoms with van der Waals surface area (Å²) in [6, 6.07) is 8.80. The van der Waals surface area contributed by atoms with Gasteiger partial charge in [0.25, 0.3) is 0 Å². The van der Waals surface area contributed by atoms with E-state index in [1.807, 2.05) is 0 Å². The van der Waals surface area contributed by atoms with Crippen molar-refractivity contribution in [1.82, 2.24) is 10.6 Å². The summed E-state index contributed by atoms with van der Waals surface area (Å²) in [6.07, 6.45) is 0. The third-order valence-corrected chi connectivity index (χ3v) is 5.02. The van der Waals surface area contributed by atoms with E-state index in [2.05, 4.69) is 10.6 Å². The lowest BCUT2D eigenvalue weighted by Crippen LogP contribution is -2.47. The van der Waals surface area contributed by atoms with Crippen molar-refractivity contribution in [3.8, 4) is 0 Å². The van der Waals surface area contributed by atoms with Crippen LogP contribution in [0.5, 0.6) is 0 Å². The van der Waals surface area contributed by atoms with Crippen LogP contribution < -0.4 is 10.6 Å². The van der Waals surface area contributed by atoms with Gasteiger partial charge in [0.2, 0.25) is 0 Å². The van der Waals surface area contributed by atoms with Crippen molar-refractivity contribution < 1.29 is 23.9 Å². The van der Waals surface area contributed by atoms with E-state index >= 15 is 0 Å². The van der Waals surface area contributed by atoms with Crippen LogP contribution in [0.15, 0.2) is 53.0 Å². The van der Waals surface area contributed by atoms with Gasteiger partial charge in [-0.2, -0.15) is 0 Å². The monoisotopic (exact) mass is 420 g/mol. The Bertz CT molecular complexity index is 909. The van der Waals surface area contributed by atoms with Gasteiger partial charge < -0.3 is 20.1 Å². The van der Waals surface area contributed by atoms with Crippen molar-refractivity contribution in [2.45, 2.75) is 13.0 Å². The minimum absolute atomic E-state index is 0.159. The zero-order chi connectivity index (χ0) is 20.1. The molecule has 1 aliphatic rings. The number of thiophene rings is 1. The SMILES string of the molecule is CCOC(=O)C1=C(COC(=O)c2cccs2)NC(=O)NC1c1ccc(Cl)cc1. The highest BCUT2D eigenvalue weighted by Gasteiger charge is 2.34. The van der Waals surface area contributed by atoms with E-state index in [-0.39, 0.29) is 24.5 Å². The van der Waals surface area contributed by atoms with Crippen molar-refractivity contribution in [2.75, 3.05) is 13.2 Å². The number of carbonyl (C=O) groups is 3. The standard InChI is InChI=1S/C19H17ClN2O5S/c1-2-26-18(24)15-13(10-27-17(23)14-4-3-9-28-14)21-19(25)22-16(15)11-5-7-12(20)8-6-11/h3-9,16H,2,10H2,1H3,(H2,21,22,25). The Balaban J connectivity index is 1.93. The van der Waals surface area contributed by atoms with Gasteiger partial charge in [-0.05, 0) is 36.1 Å². The number of urea groups is 1. The highest BCUT2D eigenvalue weighted by Crippen LogP contribution is 2.29. The lowest BCUT2D eigenvalue weighted by atomic mass is 9.95. The normalized spacial score (nSPS) is 16.2. The highest BCUT2D eigenvalue weighted by atomic mass is 35.5. The molecule has 0 spiro atoms. The molecule has 2 heterocycles. The van der Waals surface area contributed by atoms with E-state index in [0.29, 0.717) is 15.5 Å². The number of amides is 2. The molecule has 3 rings (SSSR count). The van der Waals surface area contributed by atoms with Crippen LogP contribution in [0.3, 0.4) is 0 Å². The van der Waals surface area contributed by atoms with Crippen LogP contribution in [0, 0.1) is 0 Å². The molecule has 0 bridgehead atoms. The van der Waals surface area contributed by atoms with Gasteiger partial charge in [-0.15, -0.1) is 11.3 Å². The first-order chi connectivity index (χ1) is 13.5. The van der Waals surface area contributed by atoms with Crippen LogP contribution in [-0.2, 0) is 14.3 Å². The van der Waals surface area contributed by atoms with E-state index in [1.165, 1.54) is 11.3 Å². The average molecular weight is 421 g/mol. The first-order valence-electron chi connectivity index (χ1n) is 8.43. The van der Waals surface area contributed by atoms with Crippen LogP contribution in [0.25, 0.3) is 0 Å². The fourth-order valence-electron chi connectivity index (χ4n) is 2.69. The van der Waals surface area contributed by atoms with Gasteiger partial charge in [0.1, 0.15) is 11.5 Å². The number of hydrogen-bond acceptors (Lipinski definition) is 6. The van der Waals surface area contributed by atoms with Crippen molar-refractivity contribution >= 4 is 40.9 Å². The molecular formula is C19H17ClN2O5S. The van der Waals surface area contributed by atoms with Gasteiger partial charge in [-0.1, -0.05) is 29.8 Å². The quantitative estimate of drug-likeness (QED) is 0.698. The van der Waals surface area contributed by atoms with E-state index in [1.54, 1.807) is 48.7 Å². The van der Waals surface area contributed by atoms with Gasteiger partial charge in [0.15, 0.2) is 0 Å². The van der Waals surface area contributed by atoms with Crippen LogP contribution in [0.4, 0.5) is 4.79 Å². The summed E-state index contributed by atoms with van der Waals surface area (Å²) in [5.41, 5.74) is 0.985. The second-order valence-corrected chi connectivity index (χ2v) is 7.13. The number of ether oxygens (including phenoxy) is 2. The number of rotatable bonds is 6. The molecule has 0 aliphatic carbocycles. The molecule has 2 amide bonds. The molecule has 0 saturated carbocycles. The Morgan fingerprint density at radius 3 is 2.54 bits per heavy atom. The molecule has 28 heavy (non-hydrogen) atoms. The fraction of sp³-hybridized carbons (Fsp3) is 0.211. The first-order valence-corrected chi connectivity index (χ1v) is 9.69. The summed E-state index contributed by atoms with van der Waals surface area (Å²) in [4.78, 5) is 37.3. The lowest BCUT2D eigenvalue weighted by molar-refractivity contribution is -0.139. The predicted octanol–water partition coefficient (Wildman–Crippen LogP) is 3.43. The summed E-state index contributed by atoms with van der Waals surface area (Å²) in [5.74, 6) is -1.15. The molecule has 146 valence electrons. The molecule has 1 atom stereocenters. The van der Waals surface area contributed by atoms with Gasteiger partial charge in [0.05, 0.1) is 23.9 Å². The second kappa shape index (κ2) is 8.90. The zero-order valence-electron chi connectivity index (χ0n) is 14.9. The number of esters is 2. The maximum Gasteiger partial charge on any atom is 0.348 e. The summed E-state index contributed by atoms with van der Waals surface area (Å²) < 4.78 is 10.4. The highest BCUT2D eigenvalue weighted by molar-refractivity contribution is 7.11. The molecule has 2 aromatic rings. The third-order valence-electron chi connectivity index (χ3n) is 3.92. The Hall–Kier alpha value is -2.84. The number of benzene rings is 1. The molecule has 1 unspecified atom stereocenters. The fourth-order valence-corrected chi connectivity index (χ4v) is 3.43. The summed E-state index contributed by atoms with van der Waals surface area (Å²) >= 11 is 7.17. The predicted molar refractivity (Wildman–Crippen MR) is 104 cm³/mol. The molecule has 0 saturated heterocycles. The minimum Gasteiger partial charge on any atom is -0.463 e. The topological polar surface area (TPSA) is 93.7 Å². The molecule has 1 aliphatic heterocycles. The minimum atomic E-state index is -0.763. The molecule has 0 fully saturated rings. The summed E-state index contributed by atoms with van der Waals surface area (Å²) in [6.45, 7) is 1.56. The Labute approximate surface area is 170 Å². The van der Waals surface area contributed by atoms with Crippen LogP contribution in [0.2, 0.25) is 5.02 Å². The molecule has 7 nitrogen and oxygen atoms in total. The van der Waals surface area contributed by atoms with Crippen molar-refractivity contribution in [3.63, 3.8) is 0 Å². The smallest absolute Gasteiger partial charge is 0.348 e. The molecule has 2 N–H and O–H groups in total.